The van der Waals surface area contributed by atoms with Crippen LogP contribution in [0.5, 0.6) is 0 Å². The van der Waals surface area contributed by atoms with E-state index in [2.05, 4.69) is 130 Å². The Morgan fingerprint density at radius 1 is 0.253 bits per heavy atom. The summed E-state index contributed by atoms with van der Waals surface area (Å²) in [4.78, 5) is 38.4. The highest BCUT2D eigenvalue weighted by Gasteiger charge is 2.19. The molecule has 476 valence electrons. The van der Waals surface area contributed by atoms with Gasteiger partial charge in [0.05, 0.1) is 0 Å². The van der Waals surface area contributed by atoms with E-state index in [9.17, 15) is 14.4 Å². The Hall–Kier alpha value is -3.93. The van der Waals surface area contributed by atoms with Gasteiger partial charge in [0.2, 0.25) is 0 Å². The quantitative estimate of drug-likeness (QED) is 0.0261. The van der Waals surface area contributed by atoms with Crippen LogP contribution in [0.4, 0.5) is 0 Å². The lowest BCUT2D eigenvalue weighted by Gasteiger charge is -2.18. The van der Waals surface area contributed by atoms with Crippen molar-refractivity contribution in [3.8, 4) is 0 Å². The molecule has 1 unspecified atom stereocenters. The summed E-state index contributed by atoms with van der Waals surface area (Å²) >= 11 is 0. The van der Waals surface area contributed by atoms with E-state index >= 15 is 0 Å². The monoisotopic (exact) mass is 1150 g/mol. The average molecular weight is 1150 g/mol. The molecule has 0 saturated carbocycles. The van der Waals surface area contributed by atoms with E-state index in [1.54, 1.807) is 0 Å². The zero-order valence-corrected chi connectivity index (χ0v) is 54.7. The average Bonchev–Trinajstić information content (AvgIpc) is 3.49. The Bertz CT molecular complexity index is 1660. The molecule has 0 aliphatic carbocycles. The molecule has 0 aromatic heterocycles. The smallest absolute Gasteiger partial charge is 0.306 e. The van der Waals surface area contributed by atoms with E-state index in [1.165, 1.54) is 186 Å². The second-order valence-electron chi connectivity index (χ2n) is 23.4. The fourth-order valence-corrected chi connectivity index (χ4v) is 9.94. The predicted molar refractivity (Wildman–Crippen MR) is 362 cm³/mol. The number of hydrogen-bond donors (Lipinski definition) is 0. The predicted octanol–water partition coefficient (Wildman–Crippen LogP) is 24.6. The molecular weight excluding hydrogens is 1020 g/mol. The molecule has 0 aromatic rings. The minimum absolute atomic E-state index is 0.0926. The second kappa shape index (κ2) is 70.6. The first-order chi connectivity index (χ1) is 41.0. The molecule has 6 heteroatoms. The largest absolute Gasteiger partial charge is 0.462 e. The lowest BCUT2D eigenvalue weighted by atomic mass is 10.0. The van der Waals surface area contributed by atoms with Crippen LogP contribution in [-0.2, 0) is 28.6 Å². The first-order valence-electron chi connectivity index (χ1n) is 35.4. The maximum absolute atomic E-state index is 12.9. The summed E-state index contributed by atoms with van der Waals surface area (Å²) in [6.07, 6.45) is 97.0. The van der Waals surface area contributed by atoms with Gasteiger partial charge in [0, 0.05) is 19.3 Å². The lowest BCUT2D eigenvalue weighted by molar-refractivity contribution is -0.167. The van der Waals surface area contributed by atoms with Gasteiger partial charge in [-0.1, -0.05) is 304 Å². The summed E-state index contributed by atoms with van der Waals surface area (Å²) in [5.74, 6) is -0.923. The molecular formula is C77H132O6. The number of hydrogen-bond acceptors (Lipinski definition) is 6. The third-order valence-electron chi connectivity index (χ3n) is 15.2. The van der Waals surface area contributed by atoms with Crippen molar-refractivity contribution in [2.45, 2.75) is 348 Å². The molecule has 0 N–H and O–H groups in total. The Balaban J connectivity index is 4.23. The van der Waals surface area contributed by atoms with Gasteiger partial charge in [-0.2, -0.15) is 0 Å². The van der Waals surface area contributed by atoms with Crippen molar-refractivity contribution in [2.24, 2.45) is 0 Å². The van der Waals surface area contributed by atoms with Crippen molar-refractivity contribution in [3.05, 3.63) is 109 Å². The van der Waals surface area contributed by atoms with E-state index in [0.717, 1.165) is 116 Å². The van der Waals surface area contributed by atoms with Crippen molar-refractivity contribution >= 4 is 17.9 Å². The molecule has 0 bridgehead atoms. The summed E-state index contributed by atoms with van der Waals surface area (Å²) in [5, 5.41) is 0. The SMILES string of the molecule is CC/C=C\C/C=C\C/C=C\C/C=C\C/C=C\CCCCCC(=O)OC(COC(=O)CCCCCCC/C=C\CCCCCC)COC(=O)CCCCCCCCCCCCCCCCCCCC/C=C\C/C=C\C/C=C\CCCCCCC. The van der Waals surface area contributed by atoms with Gasteiger partial charge < -0.3 is 14.2 Å². The first-order valence-corrected chi connectivity index (χ1v) is 35.4. The van der Waals surface area contributed by atoms with Crippen LogP contribution in [0, 0.1) is 0 Å². The minimum atomic E-state index is -0.801. The number of carbonyl (C=O) groups excluding carboxylic acids is 3. The number of ether oxygens (including phenoxy) is 3. The number of carbonyl (C=O) groups is 3. The van der Waals surface area contributed by atoms with E-state index in [4.69, 9.17) is 14.2 Å². The molecule has 0 rings (SSSR count). The first kappa shape index (κ1) is 79.1. The van der Waals surface area contributed by atoms with Crippen LogP contribution in [0.15, 0.2) is 109 Å². The topological polar surface area (TPSA) is 78.9 Å². The standard InChI is InChI=1S/C77H132O6/c1-4-7-10-13-16-19-22-25-27-29-31-32-33-34-35-36-37-38-39-40-41-42-43-44-46-47-49-52-55-58-61-64-67-70-76(79)82-73-74(72-81-75(78)69-66-63-60-57-54-51-24-21-18-15-12-9-6-3)83-77(80)71-68-65-62-59-56-53-50-48-45-30-28-26-23-20-17-14-11-8-5-2/h8,11,17,20-22,24-26,28-29,31,33-34,45,48,53,56,74H,4-7,9-10,12-16,18-19,23,27,30,32,35-44,46-47,49-52,54-55,57-73H2,1-3H3/b11-8-,20-17-,24-21-,25-22-,28-26-,31-29-,34-33-,48-45-,56-53-. The maximum Gasteiger partial charge on any atom is 0.306 e. The van der Waals surface area contributed by atoms with Crippen LogP contribution in [-0.4, -0.2) is 37.2 Å². The molecule has 0 heterocycles. The number of unbranched alkanes of at least 4 members (excludes halogenated alkanes) is 35. The van der Waals surface area contributed by atoms with Gasteiger partial charge in [-0.25, -0.2) is 0 Å². The van der Waals surface area contributed by atoms with Crippen molar-refractivity contribution in [2.75, 3.05) is 13.2 Å². The summed E-state index contributed by atoms with van der Waals surface area (Å²) in [7, 11) is 0. The fourth-order valence-electron chi connectivity index (χ4n) is 9.94. The second-order valence-corrected chi connectivity index (χ2v) is 23.4. The van der Waals surface area contributed by atoms with Crippen LogP contribution in [0.2, 0.25) is 0 Å². The van der Waals surface area contributed by atoms with Crippen LogP contribution < -0.4 is 0 Å². The molecule has 1 atom stereocenters. The highest BCUT2D eigenvalue weighted by Crippen LogP contribution is 2.17. The van der Waals surface area contributed by atoms with Crippen LogP contribution in [0.3, 0.4) is 0 Å². The zero-order valence-electron chi connectivity index (χ0n) is 54.7. The van der Waals surface area contributed by atoms with E-state index in [-0.39, 0.29) is 37.5 Å². The molecule has 0 spiro atoms. The van der Waals surface area contributed by atoms with Gasteiger partial charge in [0.15, 0.2) is 6.10 Å². The molecule has 0 aliphatic heterocycles. The Kier molecular flexibility index (Phi) is 67.2. The summed E-state index contributed by atoms with van der Waals surface area (Å²) in [6.45, 7) is 6.49. The molecule has 0 radical (unpaired) electrons. The van der Waals surface area contributed by atoms with Crippen molar-refractivity contribution < 1.29 is 28.6 Å². The van der Waals surface area contributed by atoms with E-state index < -0.39 is 6.10 Å². The van der Waals surface area contributed by atoms with Crippen LogP contribution >= 0.6 is 0 Å². The Morgan fingerprint density at radius 2 is 0.470 bits per heavy atom. The third-order valence-corrected chi connectivity index (χ3v) is 15.2. The van der Waals surface area contributed by atoms with E-state index in [1.807, 2.05) is 0 Å². The van der Waals surface area contributed by atoms with Crippen LogP contribution in [0.1, 0.15) is 342 Å². The fraction of sp³-hybridized carbons (Fsp3) is 0.727. The maximum atomic E-state index is 12.9. The molecule has 83 heavy (non-hydrogen) atoms. The van der Waals surface area contributed by atoms with Gasteiger partial charge in [-0.05, 0) is 128 Å². The van der Waals surface area contributed by atoms with Crippen LogP contribution in [0.25, 0.3) is 0 Å². The summed E-state index contributed by atoms with van der Waals surface area (Å²) < 4.78 is 16.9. The van der Waals surface area contributed by atoms with Crippen molar-refractivity contribution in [3.63, 3.8) is 0 Å². The van der Waals surface area contributed by atoms with Gasteiger partial charge >= 0.3 is 17.9 Å². The molecule has 0 aliphatic rings. The lowest BCUT2D eigenvalue weighted by Crippen LogP contribution is -2.30. The normalized spacial score (nSPS) is 12.8. The van der Waals surface area contributed by atoms with Gasteiger partial charge in [-0.3, -0.25) is 14.4 Å². The Morgan fingerprint density at radius 3 is 0.771 bits per heavy atom. The molecule has 0 aromatic carbocycles. The summed E-state index contributed by atoms with van der Waals surface area (Å²) in [5.41, 5.74) is 0. The highest BCUT2D eigenvalue weighted by molar-refractivity contribution is 5.71. The number of allylic oxidation sites excluding steroid dienone is 18. The van der Waals surface area contributed by atoms with Gasteiger partial charge in [0.25, 0.3) is 0 Å². The number of rotatable bonds is 64. The number of esters is 3. The zero-order chi connectivity index (χ0) is 59.9. The van der Waals surface area contributed by atoms with Crippen molar-refractivity contribution in [1.29, 1.82) is 0 Å². The van der Waals surface area contributed by atoms with Crippen molar-refractivity contribution in [1.82, 2.24) is 0 Å². The minimum Gasteiger partial charge on any atom is -0.462 e. The van der Waals surface area contributed by atoms with E-state index in [0.29, 0.717) is 12.8 Å². The third kappa shape index (κ3) is 68.7. The Labute approximate surface area is 514 Å². The molecule has 0 amide bonds. The van der Waals surface area contributed by atoms with Gasteiger partial charge in [-0.15, -0.1) is 0 Å². The highest BCUT2D eigenvalue weighted by atomic mass is 16.6. The summed E-state index contributed by atoms with van der Waals surface area (Å²) in [6, 6.07) is 0. The molecule has 0 saturated heterocycles. The molecule has 0 fully saturated rings. The molecule has 6 nitrogen and oxygen atoms in total. The van der Waals surface area contributed by atoms with Gasteiger partial charge in [0.1, 0.15) is 13.2 Å².